The van der Waals surface area contributed by atoms with Crippen LogP contribution in [0.1, 0.15) is 61.8 Å². The average molecular weight is 691 g/mol. The summed E-state index contributed by atoms with van der Waals surface area (Å²) in [5, 5.41) is 11.7. The van der Waals surface area contributed by atoms with E-state index in [9.17, 15) is 24.3 Å². The van der Waals surface area contributed by atoms with Gasteiger partial charge in [0.05, 0.1) is 20.3 Å². The average Bonchev–Trinajstić information content (AvgIpc) is 3.09. The molecule has 0 radical (unpaired) electrons. The molecule has 14 heteroatoms. The second kappa shape index (κ2) is 12.4. The Kier molecular flexibility index (Phi) is 8.29. The molecule has 262 valence electrons. The molecule has 0 amide bonds. The minimum absolute atomic E-state index is 0.0143. The van der Waals surface area contributed by atoms with E-state index in [1.54, 1.807) is 19.9 Å². The van der Waals surface area contributed by atoms with E-state index in [1.807, 2.05) is 0 Å². The highest BCUT2D eigenvalue weighted by molar-refractivity contribution is 6.33. The van der Waals surface area contributed by atoms with Crippen molar-refractivity contribution in [1.29, 1.82) is 0 Å². The van der Waals surface area contributed by atoms with Gasteiger partial charge in [0.25, 0.3) is 0 Å². The molecule has 1 aromatic heterocycles. The number of aromatic hydroxyl groups is 1. The maximum atomic E-state index is 14.5. The number of cyclic esters (lactones) is 1. The lowest BCUT2D eigenvalue weighted by Gasteiger charge is -2.43. The zero-order valence-electron chi connectivity index (χ0n) is 28.2. The Bertz CT molecular complexity index is 2170. The third-order valence-corrected chi connectivity index (χ3v) is 9.56. The van der Waals surface area contributed by atoms with E-state index < -0.39 is 76.8 Å². The van der Waals surface area contributed by atoms with Crippen LogP contribution in [0, 0.1) is 0 Å². The molecule has 0 spiro atoms. The second-order valence-electron chi connectivity index (χ2n) is 12.3. The quantitative estimate of drug-likeness (QED) is 0.245. The molecule has 2 aliphatic heterocycles. The molecule has 6 atom stereocenters. The molecule has 1 fully saturated rings. The third kappa shape index (κ3) is 4.77. The van der Waals surface area contributed by atoms with Crippen molar-refractivity contribution in [3.05, 3.63) is 68.1 Å². The molecular formula is C36H34O14. The van der Waals surface area contributed by atoms with Crippen LogP contribution in [0.15, 0.2) is 33.5 Å². The first-order chi connectivity index (χ1) is 24.0. The van der Waals surface area contributed by atoms with E-state index in [-0.39, 0.29) is 62.1 Å². The van der Waals surface area contributed by atoms with Crippen molar-refractivity contribution >= 4 is 39.3 Å². The van der Waals surface area contributed by atoms with Crippen molar-refractivity contribution in [1.82, 2.24) is 0 Å². The number of hydrogen-bond acceptors (Lipinski definition) is 14. The van der Waals surface area contributed by atoms with Crippen LogP contribution >= 0.6 is 0 Å². The van der Waals surface area contributed by atoms with E-state index in [0.29, 0.717) is 5.56 Å². The Morgan fingerprint density at radius 1 is 0.760 bits per heavy atom. The SMILES string of the molecule is COc1ccc(OC)c2c(=O)c3c(oc12)C(=O)c1cc(O[C@@H]2O[C@H](C)[C@@H](OC)[C@H](OC)[C@H]2OC)c2cc4c(c(O)c2c1C3=O)C(=O)OC(C)C4. The maximum absolute atomic E-state index is 14.5. The van der Waals surface area contributed by atoms with Crippen molar-refractivity contribution in [3.63, 3.8) is 0 Å². The fourth-order valence-corrected chi connectivity index (χ4v) is 7.30. The first-order valence-corrected chi connectivity index (χ1v) is 15.8. The molecule has 1 N–H and O–H groups in total. The molecule has 7 rings (SSSR count). The highest BCUT2D eigenvalue weighted by atomic mass is 16.7. The standard InChI is InChI=1S/C36H34O14/c1-13-10-15-11-16-20(49-36-34(46-7)33(45-6)30(44-5)14(2)48-36)12-17-23(22(16)27(38)21(15)35(41)47-13)28(39)25-29(40)24-18(42-3)8-9-19(43-4)31(24)50-32(25)26(17)37/h8-9,11-14,30,33-34,36,38H,10H2,1-7H3/t13?,14-,30-,33+,34-,36+/m1/s1. The van der Waals surface area contributed by atoms with E-state index >= 15 is 0 Å². The van der Waals surface area contributed by atoms with Crippen molar-refractivity contribution in [2.45, 2.75) is 57.1 Å². The van der Waals surface area contributed by atoms with E-state index in [0.717, 1.165) is 0 Å². The topological polar surface area (TPSA) is 175 Å². The number of rotatable bonds is 7. The fraction of sp³-hybridized carbons (Fsp3) is 0.389. The number of fused-ring (bicyclic) bond motifs is 6. The number of hydrogen-bond donors (Lipinski definition) is 1. The predicted molar refractivity (Wildman–Crippen MR) is 174 cm³/mol. The van der Waals surface area contributed by atoms with Crippen LogP contribution in [-0.4, -0.2) is 95.0 Å². The van der Waals surface area contributed by atoms with Gasteiger partial charge in [0.2, 0.25) is 23.3 Å². The molecule has 3 aromatic carbocycles. The largest absolute Gasteiger partial charge is 0.506 e. The van der Waals surface area contributed by atoms with Gasteiger partial charge in [-0.3, -0.25) is 14.4 Å². The molecule has 3 heterocycles. The van der Waals surface area contributed by atoms with Crippen LogP contribution in [0.25, 0.3) is 21.7 Å². The normalized spacial score (nSPS) is 24.4. The summed E-state index contributed by atoms with van der Waals surface area (Å²) in [6.45, 7) is 3.48. The van der Waals surface area contributed by atoms with Crippen LogP contribution in [0.3, 0.4) is 0 Å². The summed E-state index contributed by atoms with van der Waals surface area (Å²) in [5.41, 5.74) is -1.82. The number of phenols is 1. The number of ketones is 2. The predicted octanol–water partition coefficient (Wildman–Crippen LogP) is 3.71. The Hall–Kier alpha value is -5.02. The molecular weight excluding hydrogens is 656 g/mol. The molecule has 0 saturated carbocycles. The lowest BCUT2D eigenvalue weighted by molar-refractivity contribution is -0.282. The molecule has 1 unspecified atom stereocenters. The Morgan fingerprint density at radius 2 is 1.44 bits per heavy atom. The van der Waals surface area contributed by atoms with Gasteiger partial charge in [-0.15, -0.1) is 0 Å². The first kappa shape index (κ1) is 33.5. The van der Waals surface area contributed by atoms with Gasteiger partial charge in [-0.05, 0) is 43.7 Å². The number of carbonyl (C=O) groups excluding carboxylic acids is 3. The fourth-order valence-electron chi connectivity index (χ4n) is 7.30. The van der Waals surface area contributed by atoms with Crippen LogP contribution in [0.4, 0.5) is 0 Å². The van der Waals surface area contributed by atoms with Gasteiger partial charge in [-0.1, -0.05) is 0 Å². The lowest BCUT2D eigenvalue weighted by Crippen LogP contribution is -2.60. The minimum atomic E-state index is -1.13. The van der Waals surface area contributed by atoms with Crippen molar-refractivity contribution in [2.24, 2.45) is 0 Å². The Labute approximate surface area is 284 Å². The van der Waals surface area contributed by atoms with E-state index in [4.69, 9.17) is 42.3 Å². The molecule has 0 bridgehead atoms. The van der Waals surface area contributed by atoms with Crippen LogP contribution in [0.2, 0.25) is 0 Å². The number of esters is 1. The molecule has 1 saturated heterocycles. The van der Waals surface area contributed by atoms with E-state index in [1.165, 1.54) is 53.7 Å². The van der Waals surface area contributed by atoms with Crippen molar-refractivity contribution in [3.8, 4) is 23.0 Å². The summed E-state index contributed by atoms with van der Waals surface area (Å²) in [5.74, 6) is -3.50. The summed E-state index contributed by atoms with van der Waals surface area (Å²) >= 11 is 0. The van der Waals surface area contributed by atoms with Crippen LogP contribution < -0.4 is 19.6 Å². The third-order valence-electron chi connectivity index (χ3n) is 9.56. The summed E-state index contributed by atoms with van der Waals surface area (Å²) < 4.78 is 51.9. The smallest absolute Gasteiger partial charge is 0.342 e. The van der Waals surface area contributed by atoms with Crippen LogP contribution in [0.5, 0.6) is 23.0 Å². The number of methoxy groups -OCH3 is 5. The number of ether oxygens (including phenoxy) is 8. The van der Waals surface area contributed by atoms with Crippen molar-refractivity contribution in [2.75, 3.05) is 35.5 Å². The molecule has 3 aliphatic rings. The lowest BCUT2D eigenvalue weighted by atomic mass is 9.81. The Balaban J connectivity index is 1.51. The number of phenolic OH excluding ortho intramolecular Hbond substituents is 1. The molecule has 1 aliphatic carbocycles. The van der Waals surface area contributed by atoms with Crippen LogP contribution in [-0.2, 0) is 30.1 Å². The van der Waals surface area contributed by atoms with Gasteiger partial charge in [0.15, 0.2) is 17.1 Å². The maximum Gasteiger partial charge on any atom is 0.342 e. The summed E-state index contributed by atoms with van der Waals surface area (Å²) in [7, 11) is 7.17. The van der Waals surface area contributed by atoms with Crippen molar-refractivity contribution < 1.29 is 61.8 Å². The molecule has 50 heavy (non-hydrogen) atoms. The second-order valence-corrected chi connectivity index (χ2v) is 12.3. The van der Waals surface area contributed by atoms with Gasteiger partial charge in [0, 0.05) is 49.6 Å². The van der Waals surface area contributed by atoms with Gasteiger partial charge in [0.1, 0.15) is 58.2 Å². The van der Waals surface area contributed by atoms with Gasteiger partial charge in [-0.2, -0.15) is 0 Å². The Morgan fingerprint density at radius 3 is 2.10 bits per heavy atom. The minimum Gasteiger partial charge on any atom is -0.506 e. The van der Waals surface area contributed by atoms with Gasteiger partial charge in [-0.25, -0.2) is 4.79 Å². The number of carbonyl (C=O) groups is 3. The molecule has 4 aromatic rings. The first-order valence-electron chi connectivity index (χ1n) is 15.8. The summed E-state index contributed by atoms with van der Waals surface area (Å²) in [6, 6.07) is 5.90. The van der Waals surface area contributed by atoms with Gasteiger partial charge < -0.3 is 47.4 Å². The zero-order valence-corrected chi connectivity index (χ0v) is 28.2. The van der Waals surface area contributed by atoms with E-state index in [2.05, 4.69) is 0 Å². The zero-order chi connectivity index (χ0) is 35.8. The molecule has 14 nitrogen and oxygen atoms in total. The monoisotopic (exact) mass is 690 g/mol. The summed E-state index contributed by atoms with van der Waals surface area (Å²) in [6.07, 6.45) is -3.92. The number of benzene rings is 3. The highest BCUT2D eigenvalue weighted by Gasteiger charge is 2.48. The highest BCUT2D eigenvalue weighted by Crippen LogP contribution is 2.46. The van der Waals surface area contributed by atoms with Gasteiger partial charge >= 0.3 is 5.97 Å². The summed E-state index contributed by atoms with van der Waals surface area (Å²) in [4.78, 5) is 56.1.